The summed E-state index contributed by atoms with van der Waals surface area (Å²) in [4.78, 5) is 7.11. The molecule has 0 atom stereocenters. The standard InChI is InChI=1S/C47H28N2O3/c1-2-12-33-29(10-1)11-7-14-34(33)30-22-24-31(25-23-30)49(39-17-9-21-43-46(39)35-13-3-5-18-40(35)50-43)32-26-27-36-44(28-32)51-42-20-8-15-37(45(36)42)47-48-38-16-4-6-19-41(38)52-47/h1-28H. The van der Waals surface area contributed by atoms with E-state index in [-0.39, 0.29) is 0 Å². The van der Waals surface area contributed by atoms with Gasteiger partial charge in [0.25, 0.3) is 0 Å². The number of hydrogen-bond donors (Lipinski definition) is 0. The summed E-state index contributed by atoms with van der Waals surface area (Å²) in [7, 11) is 0. The first-order valence-electron chi connectivity index (χ1n) is 17.4. The number of rotatable bonds is 5. The Balaban J connectivity index is 1.11. The fourth-order valence-corrected chi connectivity index (χ4v) is 7.76. The average Bonchev–Trinajstić information content (AvgIpc) is 3.91. The Labute approximate surface area is 297 Å². The van der Waals surface area contributed by atoms with Crippen molar-refractivity contribution in [2.45, 2.75) is 0 Å². The Morgan fingerprint density at radius 2 is 1.04 bits per heavy atom. The van der Waals surface area contributed by atoms with E-state index in [9.17, 15) is 0 Å². The lowest BCUT2D eigenvalue weighted by atomic mass is 9.98. The van der Waals surface area contributed by atoms with Gasteiger partial charge in [0, 0.05) is 39.2 Å². The fourth-order valence-electron chi connectivity index (χ4n) is 7.76. The molecule has 5 nitrogen and oxygen atoms in total. The second-order valence-corrected chi connectivity index (χ2v) is 13.1. The molecule has 11 aromatic rings. The molecule has 8 aromatic carbocycles. The van der Waals surface area contributed by atoms with E-state index in [4.69, 9.17) is 18.2 Å². The molecular weight excluding hydrogens is 641 g/mol. The molecule has 3 aromatic heterocycles. The van der Waals surface area contributed by atoms with Crippen molar-refractivity contribution in [3.05, 3.63) is 170 Å². The largest absolute Gasteiger partial charge is 0.456 e. The maximum absolute atomic E-state index is 6.60. The number of nitrogens with zero attached hydrogens (tertiary/aromatic N) is 2. The Morgan fingerprint density at radius 3 is 1.92 bits per heavy atom. The maximum Gasteiger partial charge on any atom is 0.228 e. The van der Waals surface area contributed by atoms with E-state index in [0.29, 0.717) is 5.89 Å². The number of anilines is 3. The number of benzene rings is 8. The van der Waals surface area contributed by atoms with Crippen molar-refractivity contribution < 1.29 is 13.3 Å². The summed E-state index contributed by atoms with van der Waals surface area (Å²) in [5.41, 5.74) is 11.1. The Kier molecular flexibility index (Phi) is 6.18. The van der Waals surface area contributed by atoms with Crippen molar-refractivity contribution in [3.8, 4) is 22.6 Å². The van der Waals surface area contributed by atoms with Crippen molar-refractivity contribution in [3.63, 3.8) is 0 Å². The highest BCUT2D eigenvalue weighted by Gasteiger charge is 2.22. The molecule has 0 aliphatic rings. The van der Waals surface area contributed by atoms with Gasteiger partial charge in [0.15, 0.2) is 5.58 Å². The zero-order chi connectivity index (χ0) is 34.2. The third-order valence-corrected chi connectivity index (χ3v) is 10.1. The van der Waals surface area contributed by atoms with Crippen LogP contribution in [0.25, 0.3) is 88.3 Å². The highest BCUT2D eigenvalue weighted by Crippen LogP contribution is 2.45. The van der Waals surface area contributed by atoms with Crippen molar-refractivity contribution in [1.82, 2.24) is 4.98 Å². The lowest BCUT2D eigenvalue weighted by molar-refractivity contribution is 0.620. The van der Waals surface area contributed by atoms with Crippen LogP contribution < -0.4 is 4.90 Å². The fraction of sp³-hybridized carbons (Fsp3) is 0. The summed E-state index contributed by atoms with van der Waals surface area (Å²) in [6.07, 6.45) is 0. The van der Waals surface area contributed by atoms with Gasteiger partial charge in [-0.05, 0) is 88.6 Å². The molecule has 11 rings (SSSR count). The number of furan rings is 2. The average molecular weight is 669 g/mol. The maximum atomic E-state index is 6.60. The lowest BCUT2D eigenvalue weighted by Crippen LogP contribution is -2.10. The van der Waals surface area contributed by atoms with Crippen molar-refractivity contribution in [2.24, 2.45) is 0 Å². The minimum atomic E-state index is 0.574. The van der Waals surface area contributed by atoms with Crippen LogP contribution in [-0.2, 0) is 0 Å². The van der Waals surface area contributed by atoms with E-state index in [0.717, 1.165) is 83.2 Å². The number of para-hydroxylation sites is 3. The lowest BCUT2D eigenvalue weighted by Gasteiger charge is -2.26. The van der Waals surface area contributed by atoms with Crippen LogP contribution >= 0.6 is 0 Å². The van der Waals surface area contributed by atoms with Crippen LogP contribution in [0.3, 0.4) is 0 Å². The molecule has 0 fully saturated rings. The molecule has 244 valence electrons. The second kappa shape index (κ2) is 11.2. The molecule has 0 bridgehead atoms. The Bertz CT molecular complexity index is 3110. The van der Waals surface area contributed by atoms with Crippen LogP contribution in [0.5, 0.6) is 0 Å². The Morgan fingerprint density at radius 1 is 0.404 bits per heavy atom. The van der Waals surface area contributed by atoms with E-state index < -0.39 is 0 Å². The van der Waals surface area contributed by atoms with E-state index in [1.165, 1.54) is 16.3 Å². The van der Waals surface area contributed by atoms with E-state index >= 15 is 0 Å². The molecule has 0 aliphatic carbocycles. The van der Waals surface area contributed by atoms with Gasteiger partial charge in [-0.1, -0.05) is 97.1 Å². The van der Waals surface area contributed by atoms with Crippen molar-refractivity contribution in [1.29, 1.82) is 0 Å². The number of fused-ring (bicyclic) bond motifs is 8. The van der Waals surface area contributed by atoms with E-state index in [1.807, 2.05) is 60.7 Å². The third kappa shape index (κ3) is 4.39. The summed E-state index contributed by atoms with van der Waals surface area (Å²) in [6.45, 7) is 0. The predicted molar refractivity (Wildman–Crippen MR) is 212 cm³/mol. The molecule has 0 saturated heterocycles. The molecule has 0 N–H and O–H groups in total. The van der Waals surface area contributed by atoms with Gasteiger partial charge >= 0.3 is 0 Å². The first-order valence-corrected chi connectivity index (χ1v) is 17.4. The van der Waals surface area contributed by atoms with Crippen LogP contribution in [0.4, 0.5) is 17.1 Å². The normalized spacial score (nSPS) is 11.8. The van der Waals surface area contributed by atoms with Gasteiger partial charge in [0.1, 0.15) is 27.8 Å². The van der Waals surface area contributed by atoms with Gasteiger partial charge in [-0.2, -0.15) is 0 Å². The highest BCUT2D eigenvalue weighted by atomic mass is 16.4. The highest BCUT2D eigenvalue weighted by molar-refractivity contribution is 6.15. The molecule has 3 heterocycles. The molecule has 0 radical (unpaired) electrons. The second-order valence-electron chi connectivity index (χ2n) is 13.1. The van der Waals surface area contributed by atoms with Crippen molar-refractivity contribution in [2.75, 3.05) is 4.90 Å². The van der Waals surface area contributed by atoms with Gasteiger partial charge in [0.2, 0.25) is 5.89 Å². The molecule has 52 heavy (non-hydrogen) atoms. The monoisotopic (exact) mass is 668 g/mol. The predicted octanol–water partition coefficient (Wildman–Crippen LogP) is 13.6. The zero-order valence-electron chi connectivity index (χ0n) is 27.8. The van der Waals surface area contributed by atoms with Gasteiger partial charge in [-0.15, -0.1) is 0 Å². The smallest absolute Gasteiger partial charge is 0.228 e. The van der Waals surface area contributed by atoms with Crippen molar-refractivity contribution >= 4 is 82.8 Å². The van der Waals surface area contributed by atoms with E-state index in [1.54, 1.807) is 0 Å². The SMILES string of the molecule is c1ccc2c(-c3ccc(N(c4ccc5c(c4)oc4cccc(-c6nc7ccccc7o6)c45)c4cccc5oc6ccccc6c45)cc3)cccc2c1. The first-order chi connectivity index (χ1) is 25.8. The van der Waals surface area contributed by atoms with Crippen LogP contribution in [0.15, 0.2) is 183 Å². The molecule has 0 aliphatic heterocycles. The topological polar surface area (TPSA) is 55.6 Å². The van der Waals surface area contributed by atoms with Gasteiger partial charge in [-0.25, -0.2) is 4.98 Å². The third-order valence-electron chi connectivity index (χ3n) is 10.1. The molecule has 0 spiro atoms. The first kappa shape index (κ1) is 28.7. The van der Waals surface area contributed by atoms with Gasteiger partial charge < -0.3 is 18.2 Å². The van der Waals surface area contributed by atoms with Crippen LogP contribution in [0.1, 0.15) is 0 Å². The van der Waals surface area contributed by atoms with Crippen LogP contribution in [-0.4, -0.2) is 4.98 Å². The zero-order valence-corrected chi connectivity index (χ0v) is 27.8. The van der Waals surface area contributed by atoms with E-state index in [2.05, 4.69) is 114 Å². The Hall–Kier alpha value is -7.11. The number of oxazole rings is 1. The number of aromatic nitrogens is 1. The minimum Gasteiger partial charge on any atom is -0.456 e. The van der Waals surface area contributed by atoms with Gasteiger partial charge in [0.05, 0.1) is 11.1 Å². The molecule has 0 unspecified atom stereocenters. The van der Waals surface area contributed by atoms with Gasteiger partial charge in [-0.3, -0.25) is 0 Å². The molecule has 0 amide bonds. The summed E-state index contributed by atoms with van der Waals surface area (Å²) in [5.74, 6) is 0.574. The number of hydrogen-bond acceptors (Lipinski definition) is 5. The minimum absolute atomic E-state index is 0.574. The molecule has 0 saturated carbocycles. The van der Waals surface area contributed by atoms with Crippen LogP contribution in [0.2, 0.25) is 0 Å². The summed E-state index contributed by atoms with van der Waals surface area (Å²) in [6, 6.07) is 58.7. The molecule has 5 heteroatoms. The summed E-state index contributed by atoms with van der Waals surface area (Å²) in [5, 5.41) is 6.55. The summed E-state index contributed by atoms with van der Waals surface area (Å²) >= 11 is 0. The quantitative estimate of drug-likeness (QED) is 0.183. The molecular formula is C47H28N2O3. The van der Waals surface area contributed by atoms with Crippen LogP contribution in [0, 0.1) is 0 Å². The summed E-state index contributed by atoms with van der Waals surface area (Å²) < 4.78 is 19.2.